The zero-order valence-electron chi connectivity index (χ0n) is 20.1. The van der Waals surface area contributed by atoms with E-state index >= 15 is 0 Å². The number of rotatable bonds is 6. The highest BCUT2D eigenvalue weighted by molar-refractivity contribution is 7.91. The van der Waals surface area contributed by atoms with Crippen LogP contribution in [0.3, 0.4) is 0 Å². The summed E-state index contributed by atoms with van der Waals surface area (Å²) in [5.74, 6) is -0.294. The SMILES string of the molecule is CCN1CCc2c(sc(NC(=O)C3CCCN3S(=O)(=O)c3ccc(Cl)s3)c2-c2nc3ccccc3s2)C1. The molecular formula is C25H25ClN4O3S4. The van der Waals surface area contributed by atoms with Gasteiger partial charge in [0, 0.05) is 30.1 Å². The van der Waals surface area contributed by atoms with E-state index in [2.05, 4.69) is 23.2 Å². The number of carbonyl (C=O) groups excluding carboxylic acids is 1. The average Bonchev–Trinajstić information content (AvgIpc) is 3.67. The number of sulfonamides is 1. The highest BCUT2D eigenvalue weighted by atomic mass is 35.5. The Balaban J connectivity index is 1.35. The molecule has 1 unspecified atom stereocenters. The zero-order valence-corrected chi connectivity index (χ0v) is 24.1. The van der Waals surface area contributed by atoms with Gasteiger partial charge in [-0.15, -0.1) is 34.0 Å². The summed E-state index contributed by atoms with van der Waals surface area (Å²) in [6.45, 7) is 5.24. The van der Waals surface area contributed by atoms with Crippen LogP contribution in [0.15, 0.2) is 40.6 Å². The first-order valence-corrected chi connectivity index (χ1v) is 16.4. The van der Waals surface area contributed by atoms with Crippen molar-refractivity contribution in [2.75, 3.05) is 25.0 Å². The fraction of sp³-hybridized carbons (Fsp3) is 0.360. The van der Waals surface area contributed by atoms with E-state index in [0.717, 1.165) is 63.2 Å². The summed E-state index contributed by atoms with van der Waals surface area (Å²) in [7, 11) is -3.80. The summed E-state index contributed by atoms with van der Waals surface area (Å²) in [6.07, 6.45) is 2.01. The van der Waals surface area contributed by atoms with E-state index in [9.17, 15) is 13.2 Å². The summed E-state index contributed by atoms with van der Waals surface area (Å²) >= 11 is 10.2. The number of anilines is 1. The number of thiazole rings is 1. The number of nitrogens with zero attached hydrogens (tertiary/aromatic N) is 3. The maximum absolute atomic E-state index is 13.6. The van der Waals surface area contributed by atoms with Gasteiger partial charge in [-0.05, 0) is 55.6 Å². The summed E-state index contributed by atoms with van der Waals surface area (Å²) in [6, 6.07) is 10.4. The van der Waals surface area contributed by atoms with Crippen molar-refractivity contribution in [2.24, 2.45) is 0 Å². The van der Waals surface area contributed by atoms with E-state index in [1.165, 1.54) is 20.8 Å². The van der Waals surface area contributed by atoms with Gasteiger partial charge in [0.2, 0.25) is 5.91 Å². The number of likely N-dealkylation sites (N-methyl/N-ethyl adjacent to an activating group) is 1. The van der Waals surface area contributed by atoms with Crippen molar-refractivity contribution in [3.05, 3.63) is 51.2 Å². The predicted octanol–water partition coefficient (Wildman–Crippen LogP) is 5.91. The van der Waals surface area contributed by atoms with Gasteiger partial charge in [-0.3, -0.25) is 9.69 Å². The molecule has 5 heterocycles. The molecule has 0 bridgehead atoms. The molecular weight excluding hydrogens is 568 g/mol. The molecule has 1 aromatic carbocycles. The third-order valence-corrected chi connectivity index (χ3v) is 12.7. The van der Waals surface area contributed by atoms with Gasteiger partial charge in [0.05, 0.1) is 14.6 Å². The number of benzene rings is 1. The van der Waals surface area contributed by atoms with E-state index < -0.39 is 16.1 Å². The summed E-state index contributed by atoms with van der Waals surface area (Å²) < 4.78 is 29.6. The average molecular weight is 593 g/mol. The van der Waals surface area contributed by atoms with Crippen molar-refractivity contribution in [2.45, 2.75) is 43.0 Å². The summed E-state index contributed by atoms with van der Waals surface area (Å²) in [5.41, 5.74) is 3.17. The molecule has 4 aromatic rings. The maximum atomic E-state index is 13.6. The second-order valence-electron chi connectivity index (χ2n) is 9.14. The quantitative estimate of drug-likeness (QED) is 0.301. The van der Waals surface area contributed by atoms with Crippen LogP contribution in [-0.4, -0.2) is 54.2 Å². The van der Waals surface area contributed by atoms with Gasteiger partial charge in [-0.2, -0.15) is 4.31 Å². The molecule has 3 aromatic heterocycles. The van der Waals surface area contributed by atoms with Crippen molar-refractivity contribution in [3.63, 3.8) is 0 Å². The molecule has 7 nitrogen and oxygen atoms in total. The number of para-hydroxylation sites is 1. The molecule has 37 heavy (non-hydrogen) atoms. The van der Waals surface area contributed by atoms with Gasteiger partial charge in [-0.1, -0.05) is 30.7 Å². The molecule has 6 rings (SSSR count). The Morgan fingerprint density at radius 3 is 2.76 bits per heavy atom. The number of aromatic nitrogens is 1. The Kier molecular flexibility index (Phi) is 6.89. The van der Waals surface area contributed by atoms with Crippen molar-refractivity contribution < 1.29 is 13.2 Å². The number of nitrogens with one attached hydrogen (secondary N) is 1. The third-order valence-electron chi connectivity index (χ3n) is 6.95. The molecule has 0 saturated carbocycles. The smallest absolute Gasteiger partial charge is 0.253 e. The number of hydrogen-bond donors (Lipinski definition) is 1. The van der Waals surface area contributed by atoms with Gasteiger partial charge >= 0.3 is 0 Å². The van der Waals surface area contributed by atoms with Crippen LogP contribution in [0.4, 0.5) is 5.00 Å². The number of halogens is 1. The third kappa shape index (κ3) is 4.64. The molecule has 0 aliphatic carbocycles. The Morgan fingerprint density at radius 1 is 1.16 bits per heavy atom. The number of amides is 1. The largest absolute Gasteiger partial charge is 0.316 e. The molecule has 2 aliphatic heterocycles. The Bertz CT molecular complexity index is 1560. The fourth-order valence-corrected chi connectivity index (χ4v) is 10.7. The van der Waals surface area contributed by atoms with Gasteiger partial charge < -0.3 is 5.32 Å². The van der Waals surface area contributed by atoms with Crippen LogP contribution in [-0.2, 0) is 27.8 Å². The zero-order chi connectivity index (χ0) is 25.7. The molecule has 0 radical (unpaired) electrons. The fourth-order valence-electron chi connectivity index (χ4n) is 5.06. The molecule has 1 fully saturated rings. The number of fused-ring (bicyclic) bond motifs is 2. The lowest BCUT2D eigenvalue weighted by Gasteiger charge is -2.25. The molecule has 1 atom stereocenters. The van der Waals surface area contributed by atoms with Crippen LogP contribution in [0.2, 0.25) is 4.34 Å². The monoisotopic (exact) mass is 592 g/mol. The Labute approximate surface area is 232 Å². The minimum absolute atomic E-state index is 0.165. The lowest BCUT2D eigenvalue weighted by molar-refractivity contribution is -0.119. The highest BCUT2D eigenvalue weighted by Crippen LogP contribution is 2.46. The Hall–Kier alpha value is -1.86. The number of thiophene rings is 2. The predicted molar refractivity (Wildman–Crippen MR) is 152 cm³/mol. The molecule has 194 valence electrons. The summed E-state index contributed by atoms with van der Waals surface area (Å²) in [5, 5.41) is 4.79. The molecule has 12 heteroatoms. The molecule has 1 N–H and O–H groups in total. The Morgan fingerprint density at radius 2 is 2.00 bits per heavy atom. The summed E-state index contributed by atoms with van der Waals surface area (Å²) in [4.78, 5) is 22.2. The standard InChI is InChI=1S/C25H25ClN4O3S4/c1-2-29-13-11-15-19(14-29)35-25(22(15)24-27-16-6-3-4-8-18(16)34-24)28-23(31)17-7-5-12-30(17)37(32,33)21-10-9-20(26)36-21/h3-4,6,8-10,17H,2,5,7,11-14H2,1H3,(H,28,31). The minimum atomic E-state index is -3.80. The van der Waals surface area contributed by atoms with Crippen molar-refractivity contribution in [3.8, 4) is 10.6 Å². The van der Waals surface area contributed by atoms with Crippen LogP contribution < -0.4 is 5.32 Å². The van der Waals surface area contributed by atoms with Crippen molar-refractivity contribution in [1.29, 1.82) is 0 Å². The van der Waals surface area contributed by atoms with Gasteiger partial charge in [0.1, 0.15) is 20.3 Å². The van der Waals surface area contributed by atoms with Gasteiger partial charge in [0.15, 0.2) is 0 Å². The number of hydrogen-bond acceptors (Lipinski definition) is 8. The second kappa shape index (κ2) is 10.0. The van der Waals surface area contributed by atoms with Crippen LogP contribution in [0.1, 0.15) is 30.2 Å². The maximum Gasteiger partial charge on any atom is 0.253 e. The minimum Gasteiger partial charge on any atom is -0.316 e. The molecule has 1 saturated heterocycles. The normalized spacial score (nSPS) is 18.9. The van der Waals surface area contributed by atoms with E-state index in [1.54, 1.807) is 28.7 Å². The van der Waals surface area contributed by atoms with Crippen LogP contribution >= 0.6 is 45.6 Å². The first-order valence-electron chi connectivity index (χ1n) is 12.2. The van der Waals surface area contributed by atoms with Crippen LogP contribution in [0.25, 0.3) is 20.8 Å². The van der Waals surface area contributed by atoms with Gasteiger partial charge in [0.25, 0.3) is 10.0 Å². The lowest BCUT2D eigenvalue weighted by atomic mass is 10.0. The van der Waals surface area contributed by atoms with E-state index in [1.807, 2.05) is 18.2 Å². The van der Waals surface area contributed by atoms with Crippen molar-refractivity contribution >= 4 is 76.8 Å². The highest BCUT2D eigenvalue weighted by Gasteiger charge is 2.41. The lowest BCUT2D eigenvalue weighted by Crippen LogP contribution is -2.42. The molecule has 1 amide bonds. The molecule has 0 spiro atoms. The van der Waals surface area contributed by atoms with E-state index in [0.29, 0.717) is 23.7 Å². The van der Waals surface area contributed by atoms with Gasteiger partial charge in [-0.25, -0.2) is 13.4 Å². The number of carbonyl (C=O) groups is 1. The topological polar surface area (TPSA) is 82.6 Å². The first-order chi connectivity index (χ1) is 17.8. The van der Waals surface area contributed by atoms with Crippen LogP contribution in [0, 0.1) is 0 Å². The second-order valence-corrected chi connectivity index (χ2v) is 15.1. The van der Waals surface area contributed by atoms with E-state index in [-0.39, 0.29) is 10.1 Å². The van der Waals surface area contributed by atoms with Crippen molar-refractivity contribution in [1.82, 2.24) is 14.2 Å². The van der Waals surface area contributed by atoms with E-state index in [4.69, 9.17) is 16.6 Å². The first kappa shape index (κ1) is 25.4. The van der Waals surface area contributed by atoms with Crippen LogP contribution in [0.5, 0.6) is 0 Å². The molecule has 2 aliphatic rings.